The predicted octanol–water partition coefficient (Wildman–Crippen LogP) is 3.84. The Hall–Kier alpha value is -2.09. The van der Waals surface area contributed by atoms with Crippen LogP contribution in [0.15, 0.2) is 66.7 Å². The Morgan fingerprint density at radius 3 is 1.89 bits per heavy atom. The highest BCUT2D eigenvalue weighted by atomic mass is 16.1. The highest BCUT2D eigenvalue weighted by molar-refractivity contribution is 6.06. The first-order valence-corrected chi connectivity index (χ1v) is 5.19. The fourth-order valence-corrected chi connectivity index (χ4v) is 1.43. The molecule has 3 radical (unpaired) electrons. The Morgan fingerprint density at radius 1 is 0.833 bits per heavy atom. The molecule has 2 aromatic carbocycles. The molecule has 0 saturated carbocycles. The van der Waals surface area contributed by atoms with Crippen molar-refractivity contribution in [3.63, 3.8) is 0 Å². The maximum absolute atomic E-state index is 11.7. The van der Waals surface area contributed by atoms with Gasteiger partial charge < -0.3 is 0 Å². The first kappa shape index (κ1) is 15.9. The molecule has 0 aromatic heterocycles. The first-order valence-electron chi connectivity index (χ1n) is 5.19. The van der Waals surface area contributed by atoms with Gasteiger partial charge in [0.05, 0.1) is 0 Å². The molecule has 0 aliphatic carbocycles. The van der Waals surface area contributed by atoms with Crippen LogP contribution in [0.25, 0.3) is 6.08 Å². The van der Waals surface area contributed by atoms with E-state index in [1.165, 1.54) is 0 Å². The van der Waals surface area contributed by atoms with Crippen molar-refractivity contribution in [1.82, 2.24) is 0 Å². The summed E-state index contributed by atoms with van der Waals surface area (Å²) in [5.74, 6) is 0.0319. The van der Waals surface area contributed by atoms with Crippen molar-refractivity contribution in [2.24, 2.45) is 0 Å². The Kier molecular flexibility index (Phi) is 7.14. The summed E-state index contributed by atoms with van der Waals surface area (Å²) in [6.07, 6.45) is 3.43. The number of carbonyl (C=O) groups is 1. The lowest BCUT2D eigenvalue weighted by Crippen LogP contribution is -1.92. The van der Waals surface area contributed by atoms with Crippen LogP contribution in [0.5, 0.6) is 0 Å². The van der Waals surface area contributed by atoms with E-state index < -0.39 is 0 Å². The number of hydrogen-bond acceptors (Lipinski definition) is 1. The van der Waals surface area contributed by atoms with Gasteiger partial charge in [0.15, 0.2) is 5.78 Å². The van der Waals surface area contributed by atoms with Crippen molar-refractivity contribution in [2.75, 3.05) is 0 Å². The summed E-state index contributed by atoms with van der Waals surface area (Å²) in [6, 6.07) is 19.1. The molecule has 1 nitrogen and oxygen atoms in total. The largest absolute Gasteiger partial charge is 0.289 e. The minimum absolute atomic E-state index is 0. The molecule has 0 saturated heterocycles. The van der Waals surface area contributed by atoms with Crippen LogP contribution in [0.4, 0.5) is 0 Å². The molecule has 0 spiro atoms. The Balaban J connectivity index is 0.00000144. The number of benzene rings is 2. The van der Waals surface area contributed by atoms with Crippen LogP contribution in [0.3, 0.4) is 0 Å². The summed E-state index contributed by atoms with van der Waals surface area (Å²) in [5, 5.41) is 0. The highest BCUT2D eigenvalue weighted by Crippen LogP contribution is 2.05. The smallest absolute Gasteiger partial charge is 0.185 e. The molecule has 0 fully saturated rings. The third kappa shape index (κ3) is 4.42. The topological polar surface area (TPSA) is 17.1 Å². The van der Waals surface area contributed by atoms with Crippen molar-refractivity contribution in [3.05, 3.63) is 77.9 Å². The highest BCUT2D eigenvalue weighted by Gasteiger charge is 1.98. The lowest BCUT2D eigenvalue weighted by atomic mass is 10.1. The maximum Gasteiger partial charge on any atom is 0.185 e. The third-order valence-electron chi connectivity index (χ3n) is 2.29. The SMILES string of the molecule is C.O=C(/C=C/c1ccccc1)c1ccccc1.[B]. The molecule has 2 heteroatoms. The molecule has 0 aliphatic heterocycles. The number of ketones is 1. The van der Waals surface area contributed by atoms with Gasteiger partial charge in [-0.05, 0) is 11.6 Å². The van der Waals surface area contributed by atoms with Gasteiger partial charge in [-0.25, -0.2) is 0 Å². The third-order valence-corrected chi connectivity index (χ3v) is 2.29. The second-order valence-corrected chi connectivity index (χ2v) is 3.47. The van der Waals surface area contributed by atoms with Crippen LogP contribution in [0.1, 0.15) is 23.3 Å². The molecule has 0 atom stereocenters. The molecule has 89 valence electrons. The van der Waals surface area contributed by atoms with Gasteiger partial charge in [-0.2, -0.15) is 0 Å². The molecule has 2 aromatic rings. The van der Waals surface area contributed by atoms with Crippen LogP contribution >= 0.6 is 0 Å². The Bertz CT molecular complexity index is 489. The van der Waals surface area contributed by atoms with Crippen LogP contribution < -0.4 is 0 Å². The second kappa shape index (κ2) is 8.07. The van der Waals surface area contributed by atoms with E-state index in [4.69, 9.17) is 0 Å². The summed E-state index contributed by atoms with van der Waals surface area (Å²) in [5.41, 5.74) is 1.75. The molecule has 0 aliphatic rings. The minimum Gasteiger partial charge on any atom is -0.289 e. The number of hydrogen-bond donors (Lipinski definition) is 0. The molecule has 0 N–H and O–H groups in total. The molecule has 0 bridgehead atoms. The van der Waals surface area contributed by atoms with Crippen molar-refractivity contribution in [1.29, 1.82) is 0 Å². The number of allylic oxidation sites excluding steroid dienone is 1. The maximum atomic E-state index is 11.7. The lowest BCUT2D eigenvalue weighted by Gasteiger charge is -1.94. The fraction of sp³-hybridized carbons (Fsp3) is 0.0625. The summed E-state index contributed by atoms with van der Waals surface area (Å²) < 4.78 is 0. The van der Waals surface area contributed by atoms with Gasteiger partial charge in [-0.3, -0.25) is 4.79 Å². The molecular formula is C16H16BO. The normalized spacial score (nSPS) is 9.33. The van der Waals surface area contributed by atoms with E-state index in [0.29, 0.717) is 0 Å². The van der Waals surface area contributed by atoms with Crippen molar-refractivity contribution in [3.8, 4) is 0 Å². The first-order chi connectivity index (χ1) is 7.86. The van der Waals surface area contributed by atoms with Crippen LogP contribution in [0.2, 0.25) is 0 Å². The minimum atomic E-state index is 0. The monoisotopic (exact) mass is 235 g/mol. The standard InChI is InChI=1S/C15H12O.CH4.B/c16-15(14-9-5-2-6-10-14)12-11-13-7-3-1-4-8-13;;/h1-12H;1H4;/b12-11+;;. The van der Waals surface area contributed by atoms with Gasteiger partial charge in [0.2, 0.25) is 0 Å². The van der Waals surface area contributed by atoms with Gasteiger partial charge in [-0.1, -0.05) is 74.2 Å². The Morgan fingerprint density at radius 2 is 1.33 bits per heavy atom. The van der Waals surface area contributed by atoms with E-state index in [1.807, 2.05) is 66.7 Å². The van der Waals surface area contributed by atoms with Gasteiger partial charge in [-0.15, -0.1) is 0 Å². The predicted molar refractivity (Wildman–Crippen MR) is 78.7 cm³/mol. The Labute approximate surface area is 111 Å². The average molecular weight is 235 g/mol. The summed E-state index contributed by atoms with van der Waals surface area (Å²) in [4.78, 5) is 11.7. The van der Waals surface area contributed by atoms with Crippen LogP contribution in [-0.2, 0) is 0 Å². The zero-order chi connectivity index (χ0) is 11.2. The number of carbonyl (C=O) groups excluding carboxylic acids is 1. The van der Waals surface area contributed by atoms with Crippen LogP contribution in [0, 0.1) is 0 Å². The van der Waals surface area contributed by atoms with E-state index in [0.717, 1.165) is 11.1 Å². The van der Waals surface area contributed by atoms with Crippen molar-refractivity contribution < 1.29 is 4.79 Å². The van der Waals surface area contributed by atoms with Crippen molar-refractivity contribution >= 4 is 20.3 Å². The van der Waals surface area contributed by atoms with Gasteiger partial charge >= 0.3 is 0 Å². The molecule has 2 rings (SSSR count). The van der Waals surface area contributed by atoms with Gasteiger partial charge in [0.25, 0.3) is 0 Å². The lowest BCUT2D eigenvalue weighted by molar-refractivity contribution is 0.104. The number of rotatable bonds is 3. The summed E-state index contributed by atoms with van der Waals surface area (Å²) >= 11 is 0. The van der Waals surface area contributed by atoms with E-state index in [9.17, 15) is 4.79 Å². The summed E-state index contributed by atoms with van der Waals surface area (Å²) in [7, 11) is 0. The molecule has 0 amide bonds. The van der Waals surface area contributed by atoms with Gasteiger partial charge in [0, 0.05) is 14.0 Å². The van der Waals surface area contributed by atoms with E-state index >= 15 is 0 Å². The van der Waals surface area contributed by atoms with E-state index in [2.05, 4.69) is 0 Å². The average Bonchev–Trinajstić information content (AvgIpc) is 2.38. The van der Waals surface area contributed by atoms with E-state index in [-0.39, 0.29) is 21.6 Å². The van der Waals surface area contributed by atoms with Gasteiger partial charge in [0.1, 0.15) is 0 Å². The van der Waals surface area contributed by atoms with Crippen molar-refractivity contribution in [2.45, 2.75) is 7.43 Å². The fourth-order valence-electron chi connectivity index (χ4n) is 1.43. The molecule has 0 heterocycles. The summed E-state index contributed by atoms with van der Waals surface area (Å²) in [6.45, 7) is 0. The van der Waals surface area contributed by atoms with Crippen LogP contribution in [-0.4, -0.2) is 14.2 Å². The molecule has 0 unspecified atom stereocenters. The second-order valence-electron chi connectivity index (χ2n) is 3.47. The molecule has 18 heavy (non-hydrogen) atoms. The molecular weight excluding hydrogens is 219 g/mol. The quantitative estimate of drug-likeness (QED) is 0.448. The zero-order valence-corrected chi connectivity index (χ0v) is 9.41. The van der Waals surface area contributed by atoms with E-state index in [1.54, 1.807) is 6.08 Å². The zero-order valence-electron chi connectivity index (χ0n) is 9.41.